The number of carbonyl (C=O) groups is 2. The summed E-state index contributed by atoms with van der Waals surface area (Å²) in [6.45, 7) is 4.06. The Labute approximate surface area is 224 Å². The standard InChI is InChI=1S/C26H31Cl2N3O5/c1-14-10-15(2)29-25(34)19(14)12-31-9-6-17-20(27)11-18(23(28)22(17)26(31)35)24(36-3)16-4-7-30(8-5-16)21(33)13-32/h10-11,16,24,32H,4-9,12-13H2,1-3H3,(H,29,34)/i3D3. The summed E-state index contributed by atoms with van der Waals surface area (Å²) in [7, 11) is -2.76. The minimum Gasteiger partial charge on any atom is -0.387 e. The van der Waals surface area contributed by atoms with Gasteiger partial charge in [-0.3, -0.25) is 14.4 Å². The number of aryl methyl sites for hydroxylation is 2. The van der Waals surface area contributed by atoms with Crippen LogP contribution in [0.1, 0.15) is 61.4 Å². The number of methoxy groups -OCH3 is 1. The molecular weight excluding hydrogens is 505 g/mol. The van der Waals surface area contributed by atoms with E-state index in [1.54, 1.807) is 17.9 Å². The van der Waals surface area contributed by atoms with E-state index in [0.29, 0.717) is 55.6 Å². The number of aromatic nitrogens is 1. The van der Waals surface area contributed by atoms with Crippen LogP contribution in [0.5, 0.6) is 0 Å². The van der Waals surface area contributed by atoms with Crippen molar-refractivity contribution >= 4 is 35.0 Å². The van der Waals surface area contributed by atoms with Crippen LogP contribution in [0.25, 0.3) is 0 Å². The summed E-state index contributed by atoms with van der Waals surface area (Å²) >= 11 is 13.5. The van der Waals surface area contributed by atoms with E-state index in [4.69, 9.17) is 32.1 Å². The third kappa shape index (κ3) is 5.05. The number of nitrogens with one attached hydrogen (secondary N) is 1. The number of ether oxygens (including phenoxy) is 1. The van der Waals surface area contributed by atoms with E-state index in [1.165, 1.54) is 4.90 Å². The molecule has 1 atom stereocenters. The van der Waals surface area contributed by atoms with Crippen LogP contribution in [0.15, 0.2) is 16.9 Å². The van der Waals surface area contributed by atoms with Gasteiger partial charge in [-0.15, -0.1) is 0 Å². The summed E-state index contributed by atoms with van der Waals surface area (Å²) in [5.41, 5.74) is 2.75. The summed E-state index contributed by atoms with van der Waals surface area (Å²) in [6.07, 6.45) is 0.222. The second-order valence-electron chi connectivity index (χ2n) is 9.45. The zero-order chi connectivity index (χ0) is 28.6. The number of nitrogens with zero attached hydrogens (tertiary/aromatic N) is 2. The first kappa shape index (κ1) is 22.8. The van der Waals surface area contributed by atoms with Crippen molar-refractivity contribution in [1.29, 1.82) is 0 Å². The summed E-state index contributed by atoms with van der Waals surface area (Å²) in [5, 5.41) is 9.53. The maximum Gasteiger partial charge on any atom is 0.256 e. The van der Waals surface area contributed by atoms with Gasteiger partial charge in [0.2, 0.25) is 5.91 Å². The van der Waals surface area contributed by atoms with E-state index in [-0.39, 0.29) is 33.6 Å². The van der Waals surface area contributed by atoms with Crippen LogP contribution in [-0.2, 0) is 22.5 Å². The fourth-order valence-electron chi connectivity index (χ4n) is 5.25. The largest absolute Gasteiger partial charge is 0.387 e. The fraction of sp³-hybridized carbons (Fsp3) is 0.500. The molecular formula is C26H31Cl2N3O5. The lowest BCUT2D eigenvalue weighted by atomic mass is 9.85. The van der Waals surface area contributed by atoms with Gasteiger partial charge in [0.25, 0.3) is 11.5 Å². The highest BCUT2D eigenvalue weighted by Crippen LogP contribution is 2.42. The first-order valence-electron chi connectivity index (χ1n) is 13.4. The zero-order valence-electron chi connectivity index (χ0n) is 23.2. The van der Waals surface area contributed by atoms with Crippen molar-refractivity contribution in [2.45, 2.75) is 45.8 Å². The van der Waals surface area contributed by atoms with E-state index < -0.39 is 31.6 Å². The van der Waals surface area contributed by atoms with Gasteiger partial charge in [-0.25, -0.2) is 0 Å². The lowest BCUT2D eigenvalue weighted by molar-refractivity contribution is -0.136. The van der Waals surface area contributed by atoms with Gasteiger partial charge in [0.15, 0.2) is 0 Å². The van der Waals surface area contributed by atoms with Crippen molar-refractivity contribution in [3.63, 3.8) is 0 Å². The average molecular weight is 539 g/mol. The van der Waals surface area contributed by atoms with Crippen LogP contribution in [0.4, 0.5) is 0 Å². The molecule has 3 heterocycles. The summed E-state index contributed by atoms with van der Waals surface area (Å²) in [4.78, 5) is 44.1. The normalized spacial score (nSPS) is 18.9. The fourth-order valence-corrected chi connectivity index (χ4v) is 5.91. The average Bonchev–Trinajstić information content (AvgIpc) is 2.86. The van der Waals surface area contributed by atoms with Gasteiger partial charge < -0.3 is 24.6 Å². The summed E-state index contributed by atoms with van der Waals surface area (Å²) < 4.78 is 28.8. The highest BCUT2D eigenvalue weighted by atomic mass is 35.5. The van der Waals surface area contributed by atoms with Crippen LogP contribution in [0.3, 0.4) is 0 Å². The second kappa shape index (κ2) is 10.9. The molecule has 36 heavy (non-hydrogen) atoms. The van der Waals surface area contributed by atoms with Crippen molar-refractivity contribution < 1.29 is 23.5 Å². The molecule has 10 heteroatoms. The Balaban J connectivity index is 1.69. The number of hydrogen-bond acceptors (Lipinski definition) is 5. The van der Waals surface area contributed by atoms with E-state index in [0.717, 1.165) is 11.3 Å². The molecule has 194 valence electrons. The lowest BCUT2D eigenvalue weighted by Gasteiger charge is -2.37. The molecule has 0 aliphatic carbocycles. The summed E-state index contributed by atoms with van der Waals surface area (Å²) in [5.74, 6) is -1.13. The van der Waals surface area contributed by atoms with Crippen LogP contribution >= 0.6 is 23.2 Å². The van der Waals surface area contributed by atoms with Gasteiger partial charge in [0.05, 0.1) is 27.3 Å². The number of carbonyl (C=O) groups excluding carboxylic acids is 2. The molecule has 1 unspecified atom stereocenters. The molecule has 0 bridgehead atoms. The van der Waals surface area contributed by atoms with Crippen molar-refractivity contribution in [3.05, 3.63) is 66.0 Å². The van der Waals surface area contributed by atoms with Crippen LogP contribution < -0.4 is 5.56 Å². The number of likely N-dealkylation sites (tertiary alicyclic amines) is 1. The molecule has 0 saturated carbocycles. The zero-order valence-corrected chi connectivity index (χ0v) is 21.7. The Morgan fingerprint density at radius 3 is 2.61 bits per heavy atom. The molecule has 8 nitrogen and oxygen atoms in total. The third-order valence-corrected chi connectivity index (χ3v) is 7.95. The number of rotatable bonds is 6. The number of fused-ring (bicyclic) bond motifs is 1. The molecule has 2 amide bonds. The number of benzene rings is 1. The molecule has 1 fully saturated rings. The molecule has 0 spiro atoms. The Kier molecular flexibility index (Phi) is 6.91. The Bertz CT molecular complexity index is 1340. The molecule has 2 N–H and O–H groups in total. The van der Waals surface area contributed by atoms with Gasteiger partial charge in [0, 0.05) is 48.5 Å². The lowest BCUT2D eigenvalue weighted by Crippen LogP contribution is -2.41. The summed E-state index contributed by atoms with van der Waals surface area (Å²) in [6, 6.07) is 3.42. The van der Waals surface area contributed by atoms with Crippen LogP contribution in [0.2, 0.25) is 10.0 Å². The molecule has 0 radical (unpaired) electrons. The number of amides is 2. The van der Waals surface area contributed by atoms with Crippen molar-refractivity contribution in [2.75, 3.05) is 33.3 Å². The maximum atomic E-state index is 13.7. The van der Waals surface area contributed by atoms with Crippen molar-refractivity contribution in [3.8, 4) is 0 Å². The number of hydrogen-bond donors (Lipinski definition) is 2. The van der Waals surface area contributed by atoms with Gasteiger partial charge in [-0.2, -0.15) is 0 Å². The van der Waals surface area contributed by atoms with Gasteiger partial charge in [-0.05, 0) is 62.3 Å². The minimum absolute atomic E-state index is 0.0711. The predicted octanol–water partition coefficient (Wildman–Crippen LogP) is 3.42. The Morgan fingerprint density at radius 1 is 1.25 bits per heavy atom. The number of halogens is 2. The molecule has 4 rings (SSSR count). The molecule has 2 aliphatic heterocycles. The molecule has 2 aromatic rings. The highest BCUT2D eigenvalue weighted by Gasteiger charge is 2.35. The number of aromatic amines is 1. The second-order valence-corrected chi connectivity index (χ2v) is 10.2. The van der Waals surface area contributed by atoms with E-state index >= 15 is 0 Å². The number of aliphatic hydroxyl groups is 1. The minimum atomic E-state index is -2.76. The van der Waals surface area contributed by atoms with Crippen molar-refractivity contribution in [2.24, 2.45) is 5.92 Å². The number of pyridine rings is 1. The highest BCUT2D eigenvalue weighted by molar-refractivity contribution is 6.37. The third-order valence-electron chi connectivity index (χ3n) is 7.21. The molecule has 1 saturated heterocycles. The molecule has 1 aromatic heterocycles. The first-order valence-corrected chi connectivity index (χ1v) is 12.6. The Morgan fingerprint density at radius 2 is 1.97 bits per heavy atom. The number of piperidine rings is 1. The van der Waals surface area contributed by atoms with Gasteiger partial charge >= 0.3 is 0 Å². The number of aliphatic hydroxyl groups excluding tert-OH is 1. The number of H-pyrrole nitrogens is 1. The maximum absolute atomic E-state index is 13.7. The smallest absolute Gasteiger partial charge is 0.256 e. The van der Waals surface area contributed by atoms with E-state index in [1.807, 2.05) is 13.0 Å². The van der Waals surface area contributed by atoms with Crippen molar-refractivity contribution in [1.82, 2.24) is 14.8 Å². The van der Waals surface area contributed by atoms with Crippen LogP contribution in [-0.4, -0.2) is 65.0 Å². The van der Waals surface area contributed by atoms with E-state index in [9.17, 15) is 19.5 Å². The monoisotopic (exact) mass is 538 g/mol. The van der Waals surface area contributed by atoms with Gasteiger partial charge in [-0.1, -0.05) is 23.2 Å². The SMILES string of the molecule is [2H]C([2H])([2H])OC(c1cc(Cl)c2c(c1Cl)C(=O)N(Cc1c(C)cc(C)[nH]c1=O)CC2)C1CCN(C(=O)CO)CC1. The predicted molar refractivity (Wildman–Crippen MR) is 138 cm³/mol. The topological polar surface area (TPSA) is 103 Å². The Hall–Kier alpha value is -2.39. The molecule has 2 aliphatic rings. The quantitative estimate of drug-likeness (QED) is 0.586. The van der Waals surface area contributed by atoms with Gasteiger partial charge in [0.1, 0.15) is 6.61 Å². The van der Waals surface area contributed by atoms with Crippen LogP contribution in [0, 0.1) is 19.8 Å². The van der Waals surface area contributed by atoms with E-state index in [2.05, 4.69) is 4.98 Å². The first-order chi connectivity index (χ1) is 18.3. The molecule has 1 aromatic carbocycles.